The maximum atomic E-state index is 6.11. The van der Waals surface area contributed by atoms with Crippen LogP contribution in [0.2, 0.25) is 0 Å². The molecule has 5 heteroatoms. The Kier molecular flexibility index (Phi) is 4.31. The maximum Gasteiger partial charge on any atom is 0.180 e. The number of hydrogen-bond donors (Lipinski definition) is 1. The zero-order valence-electron chi connectivity index (χ0n) is 13.9. The van der Waals surface area contributed by atoms with Crippen molar-refractivity contribution in [3.8, 4) is 17.0 Å². The lowest BCUT2D eigenvalue weighted by molar-refractivity contribution is 0.190. The highest BCUT2D eigenvalue weighted by Crippen LogP contribution is 2.39. The summed E-state index contributed by atoms with van der Waals surface area (Å²) < 4.78 is 6.11. The first-order valence-electron chi connectivity index (χ1n) is 7.91. The molecule has 0 aliphatic carbocycles. The number of hydrogen-bond acceptors (Lipinski definition) is 5. The number of aryl methyl sites for hydroxylation is 1. The van der Waals surface area contributed by atoms with Gasteiger partial charge < -0.3 is 15.4 Å². The van der Waals surface area contributed by atoms with Crippen LogP contribution >= 0.6 is 11.3 Å². The van der Waals surface area contributed by atoms with Crippen LogP contribution in [0.15, 0.2) is 30.4 Å². The van der Waals surface area contributed by atoms with E-state index in [0.29, 0.717) is 5.13 Å². The quantitative estimate of drug-likeness (QED) is 0.852. The summed E-state index contributed by atoms with van der Waals surface area (Å²) in [5.74, 6) is 0.939. The van der Waals surface area contributed by atoms with Crippen molar-refractivity contribution in [3.63, 3.8) is 0 Å². The molecule has 0 saturated carbocycles. The van der Waals surface area contributed by atoms with Gasteiger partial charge >= 0.3 is 0 Å². The summed E-state index contributed by atoms with van der Waals surface area (Å²) >= 11 is 1.52. The lowest BCUT2D eigenvalue weighted by Gasteiger charge is -2.36. The van der Waals surface area contributed by atoms with E-state index in [1.807, 2.05) is 6.07 Å². The molecule has 2 N–H and O–H groups in total. The van der Waals surface area contributed by atoms with Gasteiger partial charge in [0.15, 0.2) is 5.13 Å². The first-order chi connectivity index (χ1) is 11.0. The number of rotatable bonds is 4. The molecule has 0 saturated heterocycles. The van der Waals surface area contributed by atoms with E-state index in [9.17, 15) is 0 Å². The highest BCUT2D eigenvalue weighted by molar-refractivity contribution is 7.15. The van der Waals surface area contributed by atoms with Crippen LogP contribution in [0.1, 0.15) is 25.1 Å². The van der Waals surface area contributed by atoms with E-state index in [1.165, 1.54) is 11.3 Å². The number of fused-ring (bicyclic) bond motifs is 1. The molecule has 3 rings (SSSR count). The Labute approximate surface area is 141 Å². The fraction of sp³-hybridized carbons (Fsp3) is 0.389. The van der Waals surface area contributed by atoms with E-state index >= 15 is 0 Å². The second-order valence-electron chi connectivity index (χ2n) is 6.13. The van der Waals surface area contributed by atoms with Crippen LogP contribution in [-0.4, -0.2) is 24.2 Å². The lowest BCUT2D eigenvalue weighted by atomic mass is 10.1. The van der Waals surface area contributed by atoms with Crippen LogP contribution in [0.5, 0.6) is 5.75 Å². The second kappa shape index (κ2) is 6.24. The SMILES string of the molecule is C=C(C)CN1CC(CC)Oc2ccc(-c3nc(N)sc3C)cc21. The molecule has 1 aromatic heterocycles. The van der Waals surface area contributed by atoms with Gasteiger partial charge in [0.25, 0.3) is 0 Å². The topological polar surface area (TPSA) is 51.4 Å². The minimum atomic E-state index is 0.226. The number of ether oxygens (including phenoxy) is 1. The van der Waals surface area contributed by atoms with E-state index < -0.39 is 0 Å². The van der Waals surface area contributed by atoms with Crippen molar-refractivity contribution >= 4 is 22.2 Å². The van der Waals surface area contributed by atoms with Crippen LogP contribution < -0.4 is 15.4 Å². The third-order valence-electron chi connectivity index (χ3n) is 4.02. The average molecular weight is 329 g/mol. The monoisotopic (exact) mass is 329 g/mol. The maximum absolute atomic E-state index is 6.11. The fourth-order valence-electron chi connectivity index (χ4n) is 2.95. The normalized spacial score (nSPS) is 16.8. The summed E-state index contributed by atoms with van der Waals surface area (Å²) in [4.78, 5) is 7.95. The molecule has 0 amide bonds. The van der Waals surface area contributed by atoms with Crippen LogP contribution in [0.25, 0.3) is 11.3 Å². The van der Waals surface area contributed by atoms with Crippen LogP contribution in [0, 0.1) is 6.92 Å². The van der Waals surface area contributed by atoms with Crippen LogP contribution in [0.3, 0.4) is 0 Å². The summed E-state index contributed by atoms with van der Waals surface area (Å²) in [6, 6.07) is 6.27. The number of thiazole rings is 1. The Morgan fingerprint density at radius 1 is 1.52 bits per heavy atom. The van der Waals surface area contributed by atoms with Gasteiger partial charge in [-0.25, -0.2) is 4.98 Å². The molecule has 1 unspecified atom stereocenters. The van der Waals surface area contributed by atoms with E-state index in [0.717, 1.165) is 52.7 Å². The Bertz CT molecular complexity index is 738. The predicted molar refractivity (Wildman–Crippen MR) is 98.4 cm³/mol. The Morgan fingerprint density at radius 3 is 2.91 bits per heavy atom. The van der Waals surface area contributed by atoms with Crippen molar-refractivity contribution < 1.29 is 4.74 Å². The molecule has 0 bridgehead atoms. The van der Waals surface area contributed by atoms with E-state index in [2.05, 4.69) is 49.4 Å². The highest BCUT2D eigenvalue weighted by Gasteiger charge is 2.25. The van der Waals surface area contributed by atoms with Gasteiger partial charge in [-0.15, -0.1) is 11.3 Å². The minimum Gasteiger partial charge on any atom is -0.486 e. The van der Waals surface area contributed by atoms with Gasteiger partial charge in [-0.3, -0.25) is 0 Å². The number of nitrogen functional groups attached to an aromatic ring is 1. The fourth-order valence-corrected chi connectivity index (χ4v) is 3.66. The van der Waals surface area contributed by atoms with Gasteiger partial charge in [0, 0.05) is 17.0 Å². The molecule has 122 valence electrons. The predicted octanol–water partition coefficient (Wildman–Crippen LogP) is 4.25. The molecule has 0 spiro atoms. The van der Waals surface area contributed by atoms with Crippen molar-refractivity contribution in [2.24, 2.45) is 0 Å². The minimum absolute atomic E-state index is 0.226. The molecular weight excluding hydrogens is 306 g/mol. The average Bonchev–Trinajstić information content (AvgIpc) is 2.84. The third kappa shape index (κ3) is 3.20. The Hall–Kier alpha value is -2.01. The molecule has 23 heavy (non-hydrogen) atoms. The Morgan fingerprint density at radius 2 is 2.30 bits per heavy atom. The lowest BCUT2D eigenvalue weighted by Crippen LogP contribution is -2.40. The van der Waals surface area contributed by atoms with E-state index in [4.69, 9.17) is 10.5 Å². The summed E-state index contributed by atoms with van der Waals surface area (Å²) in [7, 11) is 0. The summed E-state index contributed by atoms with van der Waals surface area (Å²) in [5.41, 5.74) is 10.1. The zero-order chi connectivity index (χ0) is 16.6. The largest absolute Gasteiger partial charge is 0.486 e. The molecular formula is C18H23N3OS. The third-order valence-corrected chi connectivity index (χ3v) is 4.82. The standard InChI is InChI=1S/C18H23N3OS/c1-5-14-10-21(9-11(2)3)15-8-13(6-7-16(15)22-14)17-12(4)23-18(19)20-17/h6-8,14H,2,5,9-10H2,1,3-4H3,(H2,19,20). The highest BCUT2D eigenvalue weighted by atomic mass is 32.1. The number of benzene rings is 1. The van der Waals surface area contributed by atoms with Gasteiger partial charge in [-0.05, 0) is 38.5 Å². The molecule has 4 nitrogen and oxygen atoms in total. The van der Waals surface area contributed by atoms with Gasteiger partial charge in [-0.1, -0.05) is 19.1 Å². The molecule has 0 radical (unpaired) electrons. The van der Waals surface area contributed by atoms with Crippen molar-refractivity contribution in [1.82, 2.24) is 4.98 Å². The van der Waals surface area contributed by atoms with Crippen LogP contribution in [-0.2, 0) is 0 Å². The summed E-state index contributed by atoms with van der Waals surface area (Å²) in [6.45, 7) is 12.1. The molecule has 2 heterocycles. The van der Waals surface area contributed by atoms with E-state index in [-0.39, 0.29) is 6.10 Å². The van der Waals surface area contributed by atoms with Crippen molar-refractivity contribution in [3.05, 3.63) is 35.2 Å². The summed E-state index contributed by atoms with van der Waals surface area (Å²) in [5, 5.41) is 0.608. The first kappa shape index (κ1) is 15.9. The van der Waals surface area contributed by atoms with Crippen molar-refractivity contribution in [2.75, 3.05) is 23.7 Å². The van der Waals surface area contributed by atoms with Crippen molar-refractivity contribution in [1.29, 1.82) is 0 Å². The van der Waals surface area contributed by atoms with Crippen molar-refractivity contribution in [2.45, 2.75) is 33.3 Å². The van der Waals surface area contributed by atoms with Gasteiger partial charge in [0.1, 0.15) is 11.9 Å². The Balaban J connectivity index is 2.02. The smallest absolute Gasteiger partial charge is 0.180 e. The van der Waals surface area contributed by atoms with Crippen LogP contribution in [0.4, 0.5) is 10.8 Å². The molecule has 0 fully saturated rings. The number of anilines is 2. The molecule has 1 aliphatic rings. The molecule has 2 aromatic rings. The van der Waals surface area contributed by atoms with Gasteiger partial charge in [-0.2, -0.15) is 0 Å². The van der Waals surface area contributed by atoms with Gasteiger partial charge in [0.05, 0.1) is 17.9 Å². The number of nitrogens with two attached hydrogens (primary N) is 1. The second-order valence-corrected chi connectivity index (χ2v) is 7.36. The van der Waals surface area contributed by atoms with E-state index in [1.54, 1.807) is 0 Å². The number of nitrogens with zero attached hydrogens (tertiary/aromatic N) is 2. The molecule has 1 atom stereocenters. The van der Waals surface area contributed by atoms with Gasteiger partial charge in [0.2, 0.25) is 0 Å². The first-order valence-corrected chi connectivity index (χ1v) is 8.73. The summed E-state index contributed by atoms with van der Waals surface area (Å²) in [6.07, 6.45) is 1.22. The molecule has 1 aliphatic heterocycles. The molecule has 1 aromatic carbocycles. The number of aromatic nitrogens is 1. The zero-order valence-corrected chi connectivity index (χ0v) is 14.7.